The number of aliphatic hydroxyl groups excluding tert-OH is 1. The summed E-state index contributed by atoms with van der Waals surface area (Å²) in [6.07, 6.45) is -4.84. The van der Waals surface area contributed by atoms with Crippen LogP contribution in [-0.4, -0.2) is 167 Å². The number of halogens is 3. The second-order valence-electron chi connectivity index (χ2n) is 11.1. The zero-order valence-electron chi connectivity index (χ0n) is 23.8. The van der Waals surface area contributed by atoms with E-state index in [2.05, 4.69) is 15.1 Å². The molecule has 0 radical (unpaired) electrons. The molecule has 1 aliphatic heterocycles. The van der Waals surface area contributed by atoms with E-state index in [9.17, 15) is 38.1 Å². The summed E-state index contributed by atoms with van der Waals surface area (Å²) in [4.78, 5) is 39.7. The van der Waals surface area contributed by atoms with E-state index in [1.807, 2.05) is 14.7 Å². The molecule has 0 amide bonds. The molecule has 6 N–H and O–H groups in total. The quantitative estimate of drug-likeness (QED) is 0.0881. The van der Waals surface area contributed by atoms with Crippen LogP contribution in [0.1, 0.15) is 32.1 Å². The van der Waals surface area contributed by atoms with E-state index in [-0.39, 0.29) is 44.8 Å². The third kappa shape index (κ3) is 14.2. The number of carboxylic acid groups (broad SMARTS) is 2. The number of nitrogens with zero attached hydrogens (tertiary/aromatic N) is 4. The summed E-state index contributed by atoms with van der Waals surface area (Å²) >= 11 is 0. The second kappa shape index (κ2) is 18.9. The van der Waals surface area contributed by atoms with Crippen LogP contribution in [-0.2, 0) is 19.4 Å². The lowest BCUT2D eigenvalue weighted by atomic mass is 9.81. The lowest BCUT2D eigenvalue weighted by Gasteiger charge is -2.40. The first kappa shape index (κ1) is 36.5. The predicted molar refractivity (Wildman–Crippen MR) is 143 cm³/mol. The van der Waals surface area contributed by atoms with E-state index in [1.165, 1.54) is 0 Å². The fourth-order valence-electron chi connectivity index (χ4n) is 5.74. The normalized spacial score (nSPS) is 25.9. The van der Waals surface area contributed by atoms with Crippen molar-refractivity contribution < 1.29 is 58.4 Å². The van der Waals surface area contributed by atoms with Gasteiger partial charge in [0.1, 0.15) is 0 Å². The smallest absolute Gasteiger partial charge is 0.427 e. The minimum Gasteiger partial charge on any atom is -0.480 e. The van der Waals surface area contributed by atoms with Crippen LogP contribution in [0, 0.1) is 5.92 Å². The predicted octanol–water partition coefficient (Wildman–Crippen LogP) is 0.144. The van der Waals surface area contributed by atoms with Crippen LogP contribution in [0.15, 0.2) is 0 Å². The van der Waals surface area contributed by atoms with Crippen LogP contribution in [0.3, 0.4) is 0 Å². The number of aliphatic hydroxyl groups is 1. The minimum atomic E-state index is -4.76. The van der Waals surface area contributed by atoms with E-state index < -0.39 is 30.4 Å². The van der Waals surface area contributed by atoms with Gasteiger partial charge < -0.3 is 15.3 Å². The summed E-state index contributed by atoms with van der Waals surface area (Å²) in [5, 5.41) is 48.7. The van der Waals surface area contributed by atoms with Crippen molar-refractivity contribution in [3.05, 3.63) is 0 Å². The molecule has 2 unspecified atom stereocenters. The molecule has 0 aromatic heterocycles. The van der Waals surface area contributed by atoms with Gasteiger partial charge in [-0.2, -0.15) is 13.2 Å². The topological polar surface area (TPSA) is 179 Å². The van der Waals surface area contributed by atoms with E-state index in [1.54, 1.807) is 4.90 Å². The third-order valence-electron chi connectivity index (χ3n) is 8.00. The van der Waals surface area contributed by atoms with Gasteiger partial charge in [-0.25, -0.2) is 9.78 Å². The molecule has 1 heterocycles. The first-order chi connectivity index (χ1) is 19.9. The lowest BCUT2D eigenvalue weighted by molar-refractivity contribution is -0.245. The molecular weight excluding hydrogens is 571 g/mol. The number of rotatable bonds is 14. The highest BCUT2D eigenvalue weighted by Gasteiger charge is 2.40. The van der Waals surface area contributed by atoms with Gasteiger partial charge in [-0.05, 0) is 38.0 Å². The van der Waals surface area contributed by atoms with Crippen LogP contribution in [0.25, 0.3) is 0 Å². The Labute approximate surface area is 243 Å². The van der Waals surface area contributed by atoms with Crippen molar-refractivity contribution in [3.8, 4) is 0 Å². The van der Waals surface area contributed by atoms with Crippen LogP contribution >= 0.6 is 0 Å². The third-order valence-corrected chi connectivity index (χ3v) is 8.00. The van der Waals surface area contributed by atoms with Crippen molar-refractivity contribution in [1.82, 2.24) is 24.9 Å². The van der Waals surface area contributed by atoms with E-state index in [4.69, 9.17) is 10.5 Å². The maximum absolute atomic E-state index is 12.8. The van der Waals surface area contributed by atoms with Gasteiger partial charge in [0.2, 0.25) is 6.23 Å². The molecule has 1 saturated carbocycles. The zero-order valence-corrected chi connectivity index (χ0v) is 23.8. The summed E-state index contributed by atoms with van der Waals surface area (Å²) in [7, 11) is 0. The van der Waals surface area contributed by atoms with Gasteiger partial charge in [0, 0.05) is 71.0 Å². The highest BCUT2D eigenvalue weighted by molar-refractivity contribution is 5.69. The molecule has 42 heavy (non-hydrogen) atoms. The van der Waals surface area contributed by atoms with Gasteiger partial charge in [-0.15, -0.1) is 0 Å². The van der Waals surface area contributed by atoms with Crippen LogP contribution in [0.5, 0.6) is 0 Å². The van der Waals surface area contributed by atoms with Crippen LogP contribution < -0.4 is 5.32 Å². The molecule has 17 heteroatoms. The zero-order chi connectivity index (χ0) is 31.1. The first-order valence-corrected chi connectivity index (χ1v) is 14.3. The Bertz CT molecular complexity index is 793. The summed E-state index contributed by atoms with van der Waals surface area (Å²) in [6.45, 7) is 3.35. The molecule has 1 saturated heterocycles. The number of hydrogen-bond acceptors (Lipinski definition) is 12. The van der Waals surface area contributed by atoms with E-state index >= 15 is 0 Å². The van der Waals surface area contributed by atoms with Crippen molar-refractivity contribution in [1.29, 1.82) is 0 Å². The Morgan fingerprint density at radius 1 is 0.810 bits per heavy atom. The lowest BCUT2D eigenvalue weighted by Crippen LogP contribution is -2.53. The highest BCUT2D eigenvalue weighted by atomic mass is 19.4. The van der Waals surface area contributed by atoms with Crippen LogP contribution in [0.2, 0.25) is 0 Å². The molecule has 14 nitrogen and oxygen atoms in total. The molecule has 2 atom stereocenters. The average molecular weight is 618 g/mol. The number of carbonyl (C=O) groups is 2. The molecular formula is C25H46F3N5O9. The van der Waals surface area contributed by atoms with Crippen molar-refractivity contribution in [3.63, 3.8) is 0 Å². The largest absolute Gasteiger partial charge is 0.480 e. The van der Waals surface area contributed by atoms with Gasteiger partial charge in [0.05, 0.1) is 26.3 Å². The average Bonchev–Trinajstić information content (AvgIpc) is 2.91. The van der Waals surface area contributed by atoms with Crippen molar-refractivity contribution in [2.45, 2.75) is 56.6 Å². The number of hydrogen-bond donors (Lipinski definition) is 6. The fraction of sp³-hybridized carbons (Fsp3) is 0.920. The Morgan fingerprint density at radius 2 is 1.31 bits per heavy atom. The summed E-state index contributed by atoms with van der Waals surface area (Å²) in [5.41, 5.74) is 0. The monoisotopic (exact) mass is 617 g/mol. The Morgan fingerprint density at radius 3 is 1.79 bits per heavy atom. The molecule has 0 aromatic carbocycles. The maximum atomic E-state index is 12.8. The Kier molecular flexibility index (Phi) is 16.4. The summed E-state index contributed by atoms with van der Waals surface area (Å²) < 4.78 is 38.3. The van der Waals surface area contributed by atoms with Crippen molar-refractivity contribution >= 4 is 11.9 Å². The molecule has 2 fully saturated rings. The van der Waals surface area contributed by atoms with Gasteiger partial charge in [0.25, 0.3) is 0 Å². The molecule has 1 aliphatic carbocycles. The van der Waals surface area contributed by atoms with Gasteiger partial charge in [-0.3, -0.25) is 45.0 Å². The fourth-order valence-corrected chi connectivity index (χ4v) is 5.74. The number of nitrogens with one attached hydrogen (secondary N) is 1. The minimum absolute atomic E-state index is 0.0504. The molecule has 0 bridgehead atoms. The standard InChI is InChI=1S/C25H46F3N5O9/c26-25(27,28)24(38)29-20-3-1-19(2-4-20)15-21-16-32(17-22(34)35)8-7-30(11-13-41-39)5-6-31(12-14-42-40)9-10-33(21)18-23(36)37/h19-21,24,29,38-40H,1-18H2,(H,34,35)(H,36,37). The van der Waals surface area contributed by atoms with Crippen molar-refractivity contribution in [2.75, 3.05) is 85.2 Å². The van der Waals surface area contributed by atoms with Gasteiger partial charge >= 0.3 is 18.1 Å². The Hall–Kier alpha value is -1.67. The molecule has 0 spiro atoms. The Balaban J connectivity index is 2.22. The number of alkyl halides is 3. The van der Waals surface area contributed by atoms with Gasteiger partial charge in [-0.1, -0.05) is 0 Å². The molecule has 2 aliphatic rings. The molecule has 2 rings (SSSR count). The highest BCUT2D eigenvalue weighted by Crippen LogP contribution is 2.31. The first-order valence-electron chi connectivity index (χ1n) is 14.3. The van der Waals surface area contributed by atoms with Crippen molar-refractivity contribution in [2.24, 2.45) is 5.92 Å². The van der Waals surface area contributed by atoms with E-state index in [0.29, 0.717) is 84.5 Å². The SMILES string of the molecule is O=C(O)CN1CCN(CCOO)CCN(CCOO)CCN(CC(=O)O)C(CC2CCC(NC(O)C(F)(F)F)CC2)C1. The number of carboxylic acids is 2. The summed E-state index contributed by atoms with van der Waals surface area (Å²) in [5.74, 6) is -1.99. The van der Waals surface area contributed by atoms with Crippen LogP contribution in [0.4, 0.5) is 13.2 Å². The maximum Gasteiger partial charge on any atom is 0.427 e. The summed E-state index contributed by atoms with van der Waals surface area (Å²) in [6, 6.07) is -0.843. The van der Waals surface area contributed by atoms with E-state index in [0.717, 1.165) is 0 Å². The molecule has 246 valence electrons. The molecule has 0 aromatic rings. The number of aliphatic carboxylic acids is 2. The van der Waals surface area contributed by atoms with Gasteiger partial charge in [0.15, 0.2) is 0 Å². The second-order valence-corrected chi connectivity index (χ2v) is 11.1.